The van der Waals surface area contributed by atoms with Crippen LogP contribution in [0.5, 0.6) is 0 Å². The van der Waals surface area contributed by atoms with Crippen LogP contribution in [-0.2, 0) is 4.79 Å². The van der Waals surface area contributed by atoms with E-state index in [0.717, 1.165) is 71.0 Å². The lowest BCUT2D eigenvalue weighted by Gasteiger charge is -2.43. The van der Waals surface area contributed by atoms with E-state index < -0.39 is 6.04 Å². The number of para-hydroxylation sites is 1. The van der Waals surface area contributed by atoms with E-state index in [0.29, 0.717) is 42.6 Å². The zero-order valence-corrected chi connectivity index (χ0v) is 29.9. The molecule has 1 saturated heterocycles. The Morgan fingerprint density at radius 3 is 2.02 bits per heavy atom. The van der Waals surface area contributed by atoms with Gasteiger partial charge in [-0.15, -0.1) is 0 Å². The van der Waals surface area contributed by atoms with Gasteiger partial charge in [-0.05, 0) is 75.6 Å². The molecular formula is C37H57ClN6O3. The molecule has 0 bridgehead atoms. The number of nitrogens with one attached hydrogen (secondary N) is 1. The van der Waals surface area contributed by atoms with Crippen LogP contribution in [0.15, 0.2) is 54.6 Å². The lowest BCUT2D eigenvalue weighted by atomic mass is 10.1. The Balaban J connectivity index is 1.86. The molecule has 0 aliphatic carbocycles. The standard InChI is InChI=1S/C37H57ClN6O3/c1-5-9-15-25-41(26-16-10-6-2)36(46)42-27-28-43(34(30-42)35(45)39-23-14-17-24-40(7-3)8-4)37(47)44(32-20-12-11-13-21-32)33-22-18-19-31(38)29-33/h11-13,18-22,29,34H,5-10,14-17,23-28,30H2,1-4H3,(H,39,45). The number of urea groups is 2. The number of amides is 5. The highest BCUT2D eigenvalue weighted by atomic mass is 35.5. The summed E-state index contributed by atoms with van der Waals surface area (Å²) in [5.74, 6) is -0.235. The zero-order valence-electron chi connectivity index (χ0n) is 29.1. The Labute approximate surface area is 288 Å². The molecule has 47 heavy (non-hydrogen) atoms. The monoisotopic (exact) mass is 668 g/mol. The lowest BCUT2D eigenvalue weighted by molar-refractivity contribution is -0.127. The molecule has 1 fully saturated rings. The van der Waals surface area contributed by atoms with Gasteiger partial charge in [-0.3, -0.25) is 9.69 Å². The third kappa shape index (κ3) is 11.7. The van der Waals surface area contributed by atoms with Gasteiger partial charge in [-0.1, -0.05) is 89.2 Å². The van der Waals surface area contributed by atoms with E-state index in [1.54, 1.807) is 26.8 Å². The third-order valence-electron chi connectivity index (χ3n) is 8.90. The lowest BCUT2D eigenvalue weighted by Crippen LogP contribution is -2.64. The molecule has 9 nitrogen and oxygen atoms in total. The molecule has 1 aliphatic rings. The van der Waals surface area contributed by atoms with Crippen molar-refractivity contribution in [1.29, 1.82) is 0 Å². The van der Waals surface area contributed by atoms with Gasteiger partial charge in [-0.25, -0.2) is 9.59 Å². The second kappa shape index (κ2) is 20.8. The molecular weight excluding hydrogens is 612 g/mol. The molecule has 1 unspecified atom stereocenters. The average molecular weight is 669 g/mol. The molecule has 10 heteroatoms. The number of hydrogen-bond acceptors (Lipinski definition) is 4. The summed E-state index contributed by atoms with van der Waals surface area (Å²) in [6.45, 7) is 14.3. The van der Waals surface area contributed by atoms with E-state index in [9.17, 15) is 14.4 Å². The maximum Gasteiger partial charge on any atom is 0.329 e. The minimum Gasteiger partial charge on any atom is -0.354 e. The molecule has 3 rings (SSSR count). The summed E-state index contributed by atoms with van der Waals surface area (Å²) in [6, 6.07) is 15.4. The topological polar surface area (TPSA) is 79.4 Å². The number of halogens is 1. The average Bonchev–Trinajstić information content (AvgIpc) is 3.09. The number of piperazine rings is 1. The van der Waals surface area contributed by atoms with Crippen molar-refractivity contribution in [2.24, 2.45) is 0 Å². The Hall–Kier alpha value is -3.30. The Morgan fingerprint density at radius 2 is 1.40 bits per heavy atom. The Kier molecular flexibility index (Phi) is 16.9. The van der Waals surface area contributed by atoms with Crippen LogP contribution in [0, 0.1) is 0 Å². The van der Waals surface area contributed by atoms with Crippen LogP contribution in [0.2, 0.25) is 5.02 Å². The summed E-state index contributed by atoms with van der Waals surface area (Å²) in [6.07, 6.45) is 8.02. The molecule has 1 N–H and O–H groups in total. The predicted molar refractivity (Wildman–Crippen MR) is 194 cm³/mol. The smallest absolute Gasteiger partial charge is 0.329 e. The van der Waals surface area contributed by atoms with E-state index in [1.165, 1.54) is 0 Å². The van der Waals surface area contributed by atoms with E-state index in [2.05, 4.69) is 37.9 Å². The second-order valence-electron chi connectivity index (χ2n) is 12.3. The molecule has 1 heterocycles. The summed E-state index contributed by atoms with van der Waals surface area (Å²) in [4.78, 5) is 51.7. The first-order chi connectivity index (χ1) is 22.8. The van der Waals surface area contributed by atoms with E-state index in [-0.39, 0.29) is 31.1 Å². The second-order valence-corrected chi connectivity index (χ2v) is 12.7. The Morgan fingerprint density at radius 1 is 0.766 bits per heavy atom. The number of carbonyl (C=O) groups is 3. The van der Waals surface area contributed by atoms with Gasteiger partial charge in [0.15, 0.2) is 0 Å². The fraction of sp³-hybridized carbons (Fsp3) is 0.595. The highest BCUT2D eigenvalue weighted by molar-refractivity contribution is 6.31. The molecule has 0 saturated carbocycles. The number of unbranched alkanes of at least 4 members (excludes halogenated alkanes) is 5. The number of nitrogens with zero attached hydrogens (tertiary/aromatic N) is 5. The molecule has 0 spiro atoms. The first kappa shape index (κ1) is 38.2. The fourth-order valence-corrected chi connectivity index (χ4v) is 6.22. The molecule has 2 aromatic carbocycles. The maximum absolute atomic E-state index is 14.5. The first-order valence-electron chi connectivity index (χ1n) is 17.8. The normalized spacial score (nSPS) is 14.7. The van der Waals surface area contributed by atoms with Gasteiger partial charge in [0.2, 0.25) is 5.91 Å². The number of rotatable bonds is 18. The largest absolute Gasteiger partial charge is 0.354 e. The van der Waals surface area contributed by atoms with Crippen molar-refractivity contribution >= 4 is 40.9 Å². The summed E-state index contributed by atoms with van der Waals surface area (Å²) < 4.78 is 0. The van der Waals surface area contributed by atoms with Crippen molar-refractivity contribution in [2.75, 3.05) is 63.8 Å². The number of carbonyl (C=O) groups excluding carboxylic acids is 3. The molecule has 0 radical (unpaired) electrons. The van der Waals surface area contributed by atoms with Crippen molar-refractivity contribution in [2.45, 2.75) is 85.1 Å². The first-order valence-corrected chi connectivity index (χ1v) is 18.2. The quantitative estimate of drug-likeness (QED) is 0.166. The van der Waals surface area contributed by atoms with Gasteiger partial charge in [0, 0.05) is 37.7 Å². The van der Waals surface area contributed by atoms with Crippen LogP contribution < -0.4 is 10.2 Å². The van der Waals surface area contributed by atoms with E-state index in [1.807, 2.05) is 47.4 Å². The van der Waals surface area contributed by atoms with E-state index >= 15 is 0 Å². The van der Waals surface area contributed by atoms with Gasteiger partial charge in [-0.2, -0.15) is 0 Å². The minimum atomic E-state index is -0.832. The Bertz CT molecular complexity index is 1220. The summed E-state index contributed by atoms with van der Waals surface area (Å²) in [7, 11) is 0. The zero-order chi connectivity index (χ0) is 34.0. The van der Waals surface area contributed by atoms with Crippen LogP contribution in [0.4, 0.5) is 21.0 Å². The van der Waals surface area contributed by atoms with Crippen LogP contribution in [0.1, 0.15) is 79.1 Å². The highest BCUT2D eigenvalue weighted by Crippen LogP contribution is 2.30. The SMILES string of the molecule is CCCCCN(CCCCC)C(=O)N1CCN(C(=O)N(c2ccccc2)c2cccc(Cl)c2)C(C(=O)NCCCCN(CC)CC)C1. The van der Waals surface area contributed by atoms with Crippen molar-refractivity contribution in [3.63, 3.8) is 0 Å². The summed E-state index contributed by atoms with van der Waals surface area (Å²) in [5, 5.41) is 3.62. The predicted octanol–water partition coefficient (Wildman–Crippen LogP) is 7.62. The molecule has 1 atom stereocenters. The van der Waals surface area contributed by atoms with Gasteiger partial charge < -0.3 is 24.9 Å². The van der Waals surface area contributed by atoms with Crippen molar-refractivity contribution in [3.05, 3.63) is 59.6 Å². The van der Waals surface area contributed by atoms with Crippen molar-refractivity contribution in [1.82, 2.24) is 24.9 Å². The van der Waals surface area contributed by atoms with Gasteiger partial charge >= 0.3 is 12.1 Å². The van der Waals surface area contributed by atoms with Gasteiger partial charge in [0.25, 0.3) is 0 Å². The molecule has 0 aromatic heterocycles. The maximum atomic E-state index is 14.5. The van der Waals surface area contributed by atoms with Crippen LogP contribution in [0.25, 0.3) is 0 Å². The molecule has 260 valence electrons. The molecule has 5 amide bonds. The van der Waals surface area contributed by atoms with Gasteiger partial charge in [0.05, 0.1) is 17.9 Å². The molecule has 2 aromatic rings. The van der Waals surface area contributed by atoms with Crippen molar-refractivity contribution in [3.8, 4) is 0 Å². The van der Waals surface area contributed by atoms with Crippen molar-refractivity contribution < 1.29 is 14.4 Å². The van der Waals surface area contributed by atoms with E-state index in [4.69, 9.17) is 11.6 Å². The highest BCUT2D eigenvalue weighted by Gasteiger charge is 2.40. The number of benzene rings is 2. The summed E-state index contributed by atoms with van der Waals surface area (Å²) >= 11 is 6.37. The van der Waals surface area contributed by atoms with Crippen LogP contribution in [-0.4, -0.2) is 103 Å². The minimum absolute atomic E-state index is 0.0453. The third-order valence-corrected chi connectivity index (χ3v) is 9.13. The molecule has 1 aliphatic heterocycles. The van der Waals surface area contributed by atoms with Gasteiger partial charge in [0.1, 0.15) is 6.04 Å². The fourth-order valence-electron chi connectivity index (χ4n) is 6.04. The summed E-state index contributed by atoms with van der Waals surface area (Å²) in [5.41, 5.74) is 1.28. The number of hydrogen-bond donors (Lipinski definition) is 1. The van der Waals surface area contributed by atoms with Crippen LogP contribution >= 0.6 is 11.6 Å². The van der Waals surface area contributed by atoms with Crippen LogP contribution in [0.3, 0.4) is 0 Å². The number of anilines is 2.